The van der Waals surface area contributed by atoms with Crippen LogP contribution in [-0.4, -0.2) is 25.5 Å². The second kappa shape index (κ2) is 6.36. The largest absolute Gasteiger partial charge is 0.465 e. The molecule has 0 fully saturated rings. The number of hydrogen-bond donors (Lipinski definition) is 0. The second-order valence-electron chi connectivity index (χ2n) is 6.72. The summed E-state index contributed by atoms with van der Waals surface area (Å²) < 4.78 is 4.79. The fraction of sp³-hybridized carbons (Fsp3) is 0.333. The predicted octanol–water partition coefficient (Wildman–Crippen LogP) is 3.48. The molecular weight excluding hydrogens is 314 g/mol. The molecule has 1 amide bonds. The first-order valence-corrected chi connectivity index (χ1v) is 8.79. The van der Waals surface area contributed by atoms with E-state index < -0.39 is 0 Å². The number of rotatable bonds is 2. The number of amides is 1. The average molecular weight is 335 g/mol. The predicted molar refractivity (Wildman–Crippen MR) is 96.0 cm³/mol. The van der Waals surface area contributed by atoms with Crippen molar-refractivity contribution in [3.8, 4) is 0 Å². The van der Waals surface area contributed by atoms with Crippen LogP contribution in [0.2, 0.25) is 0 Å². The van der Waals surface area contributed by atoms with Gasteiger partial charge in [0.15, 0.2) is 0 Å². The summed E-state index contributed by atoms with van der Waals surface area (Å²) in [5, 5.41) is 0. The molecule has 2 aromatic carbocycles. The van der Waals surface area contributed by atoms with Crippen LogP contribution >= 0.6 is 0 Å². The highest BCUT2D eigenvalue weighted by Gasteiger charge is 2.33. The molecule has 128 valence electrons. The van der Waals surface area contributed by atoms with Crippen molar-refractivity contribution < 1.29 is 14.3 Å². The number of hydrogen-bond acceptors (Lipinski definition) is 3. The van der Waals surface area contributed by atoms with Gasteiger partial charge in [-0.25, -0.2) is 4.79 Å². The van der Waals surface area contributed by atoms with Gasteiger partial charge in [0.25, 0.3) is 0 Å². The third-order valence-electron chi connectivity index (χ3n) is 5.33. The van der Waals surface area contributed by atoms with E-state index in [1.165, 1.54) is 18.2 Å². The van der Waals surface area contributed by atoms with E-state index in [2.05, 4.69) is 12.1 Å². The lowest BCUT2D eigenvalue weighted by molar-refractivity contribution is -0.120. The van der Waals surface area contributed by atoms with Gasteiger partial charge in [-0.3, -0.25) is 4.79 Å². The molecule has 2 aromatic rings. The maximum Gasteiger partial charge on any atom is 0.337 e. The van der Waals surface area contributed by atoms with Crippen molar-refractivity contribution in [2.24, 2.45) is 0 Å². The number of carbonyl (C=O) groups excluding carboxylic acids is 2. The summed E-state index contributed by atoms with van der Waals surface area (Å²) in [7, 11) is 1.38. The molecule has 0 radical (unpaired) electrons. The normalized spacial score (nSPS) is 18.4. The Labute approximate surface area is 147 Å². The molecule has 4 rings (SSSR count). The van der Waals surface area contributed by atoms with Crippen LogP contribution in [0.3, 0.4) is 0 Å². The third kappa shape index (κ3) is 2.72. The Kier molecular flexibility index (Phi) is 4.04. The molecule has 0 saturated heterocycles. The first kappa shape index (κ1) is 15.9. The van der Waals surface area contributed by atoms with Crippen LogP contribution in [0.4, 0.5) is 5.69 Å². The lowest BCUT2D eigenvalue weighted by Crippen LogP contribution is -2.35. The molecule has 25 heavy (non-hydrogen) atoms. The van der Waals surface area contributed by atoms with E-state index in [0.717, 1.165) is 36.9 Å². The maximum atomic E-state index is 13.2. The number of aryl methyl sites for hydroxylation is 1. The molecular formula is C21H21NO3. The maximum absolute atomic E-state index is 13.2. The molecule has 0 aromatic heterocycles. The standard InChI is InChI=1S/C21H21NO3/c1-25-21(24)16-9-10-19-15(13-16)11-12-22(19)20(23)18-8-4-6-14-5-2-3-7-17(14)18/h2-3,5,7,9-10,13,18H,4,6,8,11-12H2,1H3. The van der Waals surface area contributed by atoms with Crippen LogP contribution in [0.25, 0.3) is 0 Å². The molecule has 0 N–H and O–H groups in total. The molecule has 0 saturated carbocycles. The highest BCUT2D eigenvalue weighted by atomic mass is 16.5. The van der Waals surface area contributed by atoms with E-state index in [-0.39, 0.29) is 17.8 Å². The number of nitrogens with zero attached hydrogens (tertiary/aromatic N) is 1. The molecule has 0 spiro atoms. The van der Waals surface area contributed by atoms with Gasteiger partial charge in [0.2, 0.25) is 5.91 Å². The van der Waals surface area contributed by atoms with Crippen molar-refractivity contribution in [2.45, 2.75) is 31.6 Å². The zero-order valence-electron chi connectivity index (χ0n) is 14.3. The van der Waals surface area contributed by atoms with Gasteiger partial charge < -0.3 is 9.64 Å². The molecule has 1 atom stereocenters. The summed E-state index contributed by atoms with van der Waals surface area (Å²) in [4.78, 5) is 26.8. The van der Waals surface area contributed by atoms with Crippen LogP contribution < -0.4 is 4.90 Å². The molecule has 2 aliphatic rings. The SMILES string of the molecule is COC(=O)c1ccc2c(c1)CCN2C(=O)C1CCCc2ccccc21. The number of esters is 1. The minimum atomic E-state index is -0.339. The van der Waals surface area contributed by atoms with Gasteiger partial charge in [0.05, 0.1) is 18.6 Å². The van der Waals surface area contributed by atoms with Gasteiger partial charge in [-0.2, -0.15) is 0 Å². The van der Waals surface area contributed by atoms with Crippen LogP contribution in [0, 0.1) is 0 Å². The van der Waals surface area contributed by atoms with E-state index in [1.807, 2.05) is 29.2 Å². The molecule has 1 aliphatic carbocycles. The first-order valence-electron chi connectivity index (χ1n) is 8.79. The van der Waals surface area contributed by atoms with Gasteiger partial charge in [-0.05, 0) is 60.6 Å². The van der Waals surface area contributed by atoms with E-state index in [9.17, 15) is 9.59 Å². The monoisotopic (exact) mass is 335 g/mol. The van der Waals surface area contributed by atoms with Crippen LogP contribution in [-0.2, 0) is 22.4 Å². The third-order valence-corrected chi connectivity index (χ3v) is 5.33. The second-order valence-corrected chi connectivity index (χ2v) is 6.72. The van der Waals surface area contributed by atoms with E-state index in [1.54, 1.807) is 6.07 Å². The molecule has 1 aliphatic heterocycles. The van der Waals surface area contributed by atoms with Crippen molar-refractivity contribution in [1.29, 1.82) is 0 Å². The van der Waals surface area contributed by atoms with Crippen LogP contribution in [0.5, 0.6) is 0 Å². The van der Waals surface area contributed by atoms with Crippen molar-refractivity contribution in [2.75, 3.05) is 18.6 Å². The Balaban J connectivity index is 1.63. The summed E-state index contributed by atoms with van der Waals surface area (Å²) in [5.41, 5.74) is 4.99. The first-order chi connectivity index (χ1) is 12.2. The number of ether oxygens (including phenoxy) is 1. The molecule has 1 unspecified atom stereocenters. The van der Waals surface area contributed by atoms with Crippen molar-refractivity contribution in [1.82, 2.24) is 0 Å². The highest BCUT2D eigenvalue weighted by Crippen LogP contribution is 2.37. The summed E-state index contributed by atoms with van der Waals surface area (Å²) >= 11 is 0. The van der Waals surface area contributed by atoms with Crippen LogP contribution in [0.1, 0.15) is 45.8 Å². The van der Waals surface area contributed by atoms with Gasteiger partial charge >= 0.3 is 5.97 Å². The lowest BCUT2D eigenvalue weighted by Gasteiger charge is -2.29. The summed E-state index contributed by atoms with van der Waals surface area (Å²) in [6, 6.07) is 13.8. The summed E-state index contributed by atoms with van der Waals surface area (Å²) in [6.07, 6.45) is 3.79. The summed E-state index contributed by atoms with van der Waals surface area (Å²) in [6.45, 7) is 0.678. The highest BCUT2D eigenvalue weighted by molar-refractivity contribution is 6.01. The average Bonchev–Trinajstić information content (AvgIpc) is 3.09. The number of carbonyl (C=O) groups is 2. The Hall–Kier alpha value is -2.62. The Morgan fingerprint density at radius 3 is 2.76 bits per heavy atom. The fourth-order valence-electron chi connectivity index (χ4n) is 4.07. The Morgan fingerprint density at radius 2 is 1.92 bits per heavy atom. The van der Waals surface area contributed by atoms with E-state index >= 15 is 0 Å². The topological polar surface area (TPSA) is 46.6 Å². The lowest BCUT2D eigenvalue weighted by atomic mass is 9.82. The zero-order chi connectivity index (χ0) is 17.4. The van der Waals surface area contributed by atoms with Crippen molar-refractivity contribution >= 4 is 17.6 Å². The molecule has 4 heteroatoms. The smallest absolute Gasteiger partial charge is 0.337 e. The minimum absolute atomic E-state index is 0.0591. The van der Waals surface area contributed by atoms with E-state index in [4.69, 9.17) is 4.74 Å². The molecule has 0 bridgehead atoms. The quantitative estimate of drug-likeness (QED) is 0.789. The minimum Gasteiger partial charge on any atom is -0.465 e. The number of anilines is 1. The fourth-order valence-corrected chi connectivity index (χ4v) is 4.07. The Bertz CT molecular complexity index is 843. The van der Waals surface area contributed by atoms with Crippen molar-refractivity contribution in [3.05, 3.63) is 64.7 Å². The number of methoxy groups -OCH3 is 1. The zero-order valence-corrected chi connectivity index (χ0v) is 14.3. The van der Waals surface area contributed by atoms with Crippen molar-refractivity contribution in [3.63, 3.8) is 0 Å². The van der Waals surface area contributed by atoms with Gasteiger partial charge in [-0.1, -0.05) is 24.3 Å². The Morgan fingerprint density at radius 1 is 1.08 bits per heavy atom. The number of benzene rings is 2. The van der Waals surface area contributed by atoms with Crippen LogP contribution in [0.15, 0.2) is 42.5 Å². The molecule has 1 heterocycles. The molecule has 4 nitrogen and oxygen atoms in total. The van der Waals surface area contributed by atoms with Gasteiger partial charge in [0.1, 0.15) is 0 Å². The van der Waals surface area contributed by atoms with Gasteiger partial charge in [-0.15, -0.1) is 0 Å². The summed E-state index contributed by atoms with van der Waals surface area (Å²) in [5.74, 6) is -0.221. The van der Waals surface area contributed by atoms with Gasteiger partial charge in [0, 0.05) is 12.2 Å². The number of fused-ring (bicyclic) bond motifs is 2. The van der Waals surface area contributed by atoms with E-state index in [0.29, 0.717) is 12.1 Å².